The van der Waals surface area contributed by atoms with Gasteiger partial charge in [-0.05, 0) is 25.3 Å². The van der Waals surface area contributed by atoms with Crippen LogP contribution >= 0.6 is 22.7 Å². The predicted molar refractivity (Wildman–Crippen MR) is 70.5 cm³/mol. The molecule has 0 unspecified atom stereocenters. The molecule has 2 aromatic heterocycles. The number of rotatable bonds is 4. The number of hydrogen-bond donors (Lipinski definition) is 1. The van der Waals surface area contributed by atoms with Crippen LogP contribution in [-0.4, -0.2) is 16.1 Å². The quantitative estimate of drug-likeness (QED) is 0.922. The Morgan fingerprint density at radius 1 is 1.47 bits per heavy atom. The second-order valence-corrected chi connectivity index (χ2v) is 6.29. The number of thiazole rings is 1. The average Bonchev–Trinajstić information content (AvgIpc) is 2.85. The van der Waals surface area contributed by atoms with Gasteiger partial charge >= 0.3 is 5.97 Å². The number of carbonyl (C=O) groups is 1. The molecule has 0 radical (unpaired) electrons. The molecule has 0 aromatic carbocycles. The number of carboxylic acids is 1. The molecule has 0 spiro atoms. The highest BCUT2D eigenvalue weighted by Crippen LogP contribution is 2.30. The molecule has 5 heteroatoms. The van der Waals surface area contributed by atoms with Crippen molar-refractivity contribution in [3.05, 3.63) is 28.6 Å². The van der Waals surface area contributed by atoms with Gasteiger partial charge in [-0.15, -0.1) is 22.7 Å². The molecule has 1 N–H and O–H groups in total. The summed E-state index contributed by atoms with van der Waals surface area (Å²) < 4.78 is 0. The van der Waals surface area contributed by atoms with Gasteiger partial charge in [-0.3, -0.25) is 4.79 Å². The van der Waals surface area contributed by atoms with E-state index in [0.29, 0.717) is 6.42 Å². The summed E-state index contributed by atoms with van der Waals surface area (Å²) >= 11 is 3.21. The van der Waals surface area contributed by atoms with Crippen molar-refractivity contribution in [1.82, 2.24) is 4.98 Å². The lowest BCUT2D eigenvalue weighted by atomic mass is 9.88. The van der Waals surface area contributed by atoms with Crippen LogP contribution in [0.5, 0.6) is 0 Å². The van der Waals surface area contributed by atoms with Gasteiger partial charge in [0.1, 0.15) is 5.01 Å². The van der Waals surface area contributed by atoms with E-state index < -0.39 is 11.4 Å². The van der Waals surface area contributed by atoms with Gasteiger partial charge in [0.15, 0.2) is 0 Å². The van der Waals surface area contributed by atoms with Crippen molar-refractivity contribution >= 4 is 28.6 Å². The number of nitrogens with zero attached hydrogens (tertiary/aromatic N) is 1. The van der Waals surface area contributed by atoms with E-state index in [0.717, 1.165) is 15.6 Å². The van der Waals surface area contributed by atoms with Gasteiger partial charge < -0.3 is 5.11 Å². The number of aromatic nitrogens is 1. The fraction of sp³-hybridized carbons (Fsp3) is 0.333. The van der Waals surface area contributed by atoms with E-state index in [4.69, 9.17) is 5.11 Å². The summed E-state index contributed by atoms with van der Waals surface area (Å²) in [5.74, 6) is -0.789. The third-order valence-corrected chi connectivity index (χ3v) is 4.42. The SMILES string of the molecule is CC(C)(Cc1csc(-c2cccs2)n1)C(=O)O. The van der Waals surface area contributed by atoms with Crippen molar-refractivity contribution in [2.75, 3.05) is 0 Å². The first kappa shape index (κ1) is 12.3. The van der Waals surface area contributed by atoms with Crippen LogP contribution in [0.4, 0.5) is 0 Å². The maximum atomic E-state index is 11.0. The third kappa shape index (κ3) is 2.73. The summed E-state index contributed by atoms with van der Waals surface area (Å²) in [5, 5.41) is 14.0. The van der Waals surface area contributed by atoms with Crippen LogP contribution in [0.3, 0.4) is 0 Å². The van der Waals surface area contributed by atoms with Crippen LogP contribution in [0.25, 0.3) is 9.88 Å². The zero-order valence-corrected chi connectivity index (χ0v) is 11.3. The van der Waals surface area contributed by atoms with Crippen LogP contribution in [0.1, 0.15) is 19.5 Å². The first-order chi connectivity index (χ1) is 7.99. The minimum atomic E-state index is -0.789. The minimum Gasteiger partial charge on any atom is -0.481 e. The molecule has 17 heavy (non-hydrogen) atoms. The molecular weight excluding hydrogens is 254 g/mol. The van der Waals surface area contributed by atoms with E-state index >= 15 is 0 Å². The molecule has 0 fully saturated rings. The van der Waals surface area contributed by atoms with Crippen molar-refractivity contribution in [3.8, 4) is 9.88 Å². The molecule has 0 aliphatic carbocycles. The molecule has 2 aromatic rings. The summed E-state index contributed by atoms with van der Waals surface area (Å²) in [5.41, 5.74) is 0.0895. The van der Waals surface area contributed by atoms with E-state index in [9.17, 15) is 4.79 Å². The first-order valence-electron chi connectivity index (χ1n) is 5.21. The zero-order valence-electron chi connectivity index (χ0n) is 9.64. The summed E-state index contributed by atoms with van der Waals surface area (Å²) in [4.78, 5) is 16.7. The first-order valence-corrected chi connectivity index (χ1v) is 6.97. The number of thiophene rings is 1. The molecule has 0 atom stereocenters. The van der Waals surface area contributed by atoms with E-state index in [-0.39, 0.29) is 0 Å². The van der Waals surface area contributed by atoms with Crippen LogP contribution in [0.15, 0.2) is 22.9 Å². The van der Waals surface area contributed by atoms with Gasteiger partial charge in [0.05, 0.1) is 16.0 Å². The standard InChI is InChI=1S/C12H13NO2S2/c1-12(2,11(14)15)6-8-7-17-10(13-8)9-4-3-5-16-9/h3-5,7H,6H2,1-2H3,(H,14,15). The van der Waals surface area contributed by atoms with Crippen LogP contribution in [0, 0.1) is 5.41 Å². The second kappa shape index (κ2) is 4.58. The lowest BCUT2D eigenvalue weighted by Crippen LogP contribution is -2.26. The van der Waals surface area contributed by atoms with Gasteiger partial charge in [-0.1, -0.05) is 6.07 Å². The molecule has 0 saturated carbocycles. The Kier molecular flexibility index (Phi) is 3.31. The summed E-state index contributed by atoms with van der Waals surface area (Å²) in [6.07, 6.45) is 0.463. The summed E-state index contributed by atoms with van der Waals surface area (Å²) in [7, 11) is 0. The molecule has 2 rings (SSSR count). The Bertz CT molecular complexity index is 514. The molecule has 0 aliphatic rings. The highest BCUT2D eigenvalue weighted by Gasteiger charge is 2.28. The Balaban J connectivity index is 2.17. The zero-order chi connectivity index (χ0) is 12.5. The molecule has 90 valence electrons. The van der Waals surface area contributed by atoms with Gasteiger partial charge in [0, 0.05) is 11.8 Å². The molecular formula is C12H13NO2S2. The Labute approximate surface area is 108 Å². The van der Waals surface area contributed by atoms with E-state index in [2.05, 4.69) is 4.98 Å². The summed E-state index contributed by atoms with van der Waals surface area (Å²) in [6.45, 7) is 3.44. The van der Waals surface area contributed by atoms with Crippen molar-refractivity contribution in [3.63, 3.8) is 0 Å². The number of carboxylic acid groups (broad SMARTS) is 1. The van der Waals surface area contributed by atoms with Gasteiger partial charge in [0.25, 0.3) is 0 Å². The monoisotopic (exact) mass is 267 g/mol. The highest BCUT2D eigenvalue weighted by atomic mass is 32.1. The fourth-order valence-corrected chi connectivity index (χ4v) is 3.06. The Morgan fingerprint density at radius 2 is 2.24 bits per heavy atom. The topological polar surface area (TPSA) is 50.2 Å². The van der Waals surface area contributed by atoms with E-state index in [1.54, 1.807) is 36.5 Å². The molecule has 0 saturated heterocycles. The lowest BCUT2D eigenvalue weighted by molar-refractivity contribution is -0.146. The maximum Gasteiger partial charge on any atom is 0.309 e. The molecule has 0 amide bonds. The molecule has 0 bridgehead atoms. The normalized spacial score (nSPS) is 11.6. The fourth-order valence-electron chi connectivity index (χ4n) is 1.43. The van der Waals surface area contributed by atoms with Crippen molar-refractivity contribution in [2.24, 2.45) is 5.41 Å². The Morgan fingerprint density at radius 3 is 2.82 bits per heavy atom. The van der Waals surface area contributed by atoms with Crippen molar-refractivity contribution in [1.29, 1.82) is 0 Å². The number of aliphatic carboxylic acids is 1. The lowest BCUT2D eigenvalue weighted by Gasteiger charge is -2.16. The largest absolute Gasteiger partial charge is 0.481 e. The average molecular weight is 267 g/mol. The third-order valence-electron chi connectivity index (χ3n) is 2.49. The minimum absolute atomic E-state index is 0.463. The van der Waals surface area contributed by atoms with E-state index in [1.807, 2.05) is 22.9 Å². The van der Waals surface area contributed by atoms with Gasteiger partial charge in [-0.25, -0.2) is 4.98 Å². The smallest absolute Gasteiger partial charge is 0.309 e. The number of hydrogen-bond acceptors (Lipinski definition) is 4. The Hall–Kier alpha value is -1.20. The predicted octanol–water partition coefficient (Wildman–Crippen LogP) is 3.52. The van der Waals surface area contributed by atoms with Gasteiger partial charge in [-0.2, -0.15) is 0 Å². The summed E-state index contributed by atoms with van der Waals surface area (Å²) in [6, 6.07) is 4.01. The highest BCUT2D eigenvalue weighted by molar-refractivity contribution is 7.20. The molecule has 0 aliphatic heterocycles. The van der Waals surface area contributed by atoms with Gasteiger partial charge in [0.2, 0.25) is 0 Å². The van der Waals surface area contributed by atoms with Crippen LogP contribution in [-0.2, 0) is 11.2 Å². The molecule has 3 nitrogen and oxygen atoms in total. The maximum absolute atomic E-state index is 11.0. The molecule has 2 heterocycles. The van der Waals surface area contributed by atoms with E-state index in [1.165, 1.54) is 0 Å². The second-order valence-electron chi connectivity index (χ2n) is 4.49. The van der Waals surface area contributed by atoms with Crippen LogP contribution in [0.2, 0.25) is 0 Å². The van der Waals surface area contributed by atoms with Crippen molar-refractivity contribution < 1.29 is 9.90 Å². The van der Waals surface area contributed by atoms with Crippen LogP contribution < -0.4 is 0 Å². The van der Waals surface area contributed by atoms with Crippen molar-refractivity contribution in [2.45, 2.75) is 20.3 Å².